The highest BCUT2D eigenvalue weighted by atomic mass is 19.1. The molecule has 0 aliphatic heterocycles. The first kappa shape index (κ1) is 8.84. The summed E-state index contributed by atoms with van der Waals surface area (Å²) in [6.45, 7) is 1.79. The molecule has 1 aromatic carbocycles. The SMILES string of the molecule is CCc1cc(F)c(C=O)c(F)c1. The average molecular weight is 170 g/mol. The molecule has 0 aliphatic carbocycles. The van der Waals surface area contributed by atoms with Crippen LogP contribution in [0.1, 0.15) is 22.8 Å². The molecule has 0 fully saturated rings. The second kappa shape index (κ2) is 3.43. The van der Waals surface area contributed by atoms with Crippen molar-refractivity contribution in [3.8, 4) is 0 Å². The lowest BCUT2D eigenvalue weighted by molar-refractivity contribution is 0.111. The third-order valence-corrected chi connectivity index (χ3v) is 1.66. The van der Waals surface area contributed by atoms with Gasteiger partial charge in [-0.25, -0.2) is 8.78 Å². The van der Waals surface area contributed by atoms with Crippen LogP contribution in [-0.2, 0) is 6.42 Å². The maximum atomic E-state index is 12.8. The van der Waals surface area contributed by atoms with Crippen LogP contribution in [0, 0.1) is 11.6 Å². The number of carbonyl (C=O) groups is 1. The first-order chi connectivity index (χ1) is 5.69. The topological polar surface area (TPSA) is 17.1 Å². The van der Waals surface area contributed by atoms with Gasteiger partial charge in [0.2, 0.25) is 0 Å². The van der Waals surface area contributed by atoms with Gasteiger partial charge >= 0.3 is 0 Å². The van der Waals surface area contributed by atoms with Crippen molar-refractivity contribution in [2.24, 2.45) is 0 Å². The van der Waals surface area contributed by atoms with Crippen molar-refractivity contribution < 1.29 is 13.6 Å². The van der Waals surface area contributed by atoms with Gasteiger partial charge in [-0.15, -0.1) is 0 Å². The van der Waals surface area contributed by atoms with Crippen LogP contribution in [0.4, 0.5) is 8.78 Å². The number of benzene rings is 1. The molecule has 0 N–H and O–H groups in total. The maximum absolute atomic E-state index is 12.8. The first-order valence-corrected chi connectivity index (χ1v) is 3.62. The third-order valence-electron chi connectivity index (χ3n) is 1.66. The average Bonchev–Trinajstić information content (AvgIpc) is 2.03. The molecule has 0 amide bonds. The molecule has 0 radical (unpaired) electrons. The number of carbonyl (C=O) groups excluding carboxylic acids is 1. The van der Waals surface area contributed by atoms with Crippen LogP contribution in [0.15, 0.2) is 12.1 Å². The molecular formula is C9H8F2O. The van der Waals surface area contributed by atoms with Crippen LogP contribution in [0.5, 0.6) is 0 Å². The van der Waals surface area contributed by atoms with Crippen molar-refractivity contribution in [2.45, 2.75) is 13.3 Å². The van der Waals surface area contributed by atoms with Crippen LogP contribution in [0.25, 0.3) is 0 Å². The minimum absolute atomic E-state index is 0.185. The molecule has 0 aromatic heterocycles. The molecule has 0 aliphatic rings. The number of aldehydes is 1. The smallest absolute Gasteiger partial charge is 0.155 e. The van der Waals surface area contributed by atoms with E-state index in [1.54, 1.807) is 6.92 Å². The second-order valence-corrected chi connectivity index (χ2v) is 2.44. The zero-order valence-electron chi connectivity index (χ0n) is 6.60. The monoisotopic (exact) mass is 170 g/mol. The van der Waals surface area contributed by atoms with Gasteiger partial charge in [-0.1, -0.05) is 6.92 Å². The van der Waals surface area contributed by atoms with Gasteiger partial charge in [-0.3, -0.25) is 4.79 Å². The molecule has 3 heteroatoms. The molecule has 0 bridgehead atoms. The summed E-state index contributed by atoms with van der Waals surface area (Å²) in [5, 5.41) is 0. The Morgan fingerprint density at radius 2 is 1.83 bits per heavy atom. The highest BCUT2D eigenvalue weighted by Crippen LogP contribution is 2.13. The molecule has 1 aromatic rings. The van der Waals surface area contributed by atoms with E-state index >= 15 is 0 Å². The van der Waals surface area contributed by atoms with Crippen LogP contribution < -0.4 is 0 Å². The van der Waals surface area contributed by atoms with Crippen LogP contribution in [0.2, 0.25) is 0 Å². The Kier molecular flexibility index (Phi) is 2.53. The Labute approximate surface area is 69.0 Å². The Bertz CT molecular complexity index is 284. The lowest BCUT2D eigenvalue weighted by Gasteiger charge is -2.00. The van der Waals surface area contributed by atoms with Crippen LogP contribution in [0.3, 0.4) is 0 Å². The normalized spacial score (nSPS) is 9.92. The Hall–Kier alpha value is -1.25. The molecule has 64 valence electrons. The fraction of sp³-hybridized carbons (Fsp3) is 0.222. The first-order valence-electron chi connectivity index (χ1n) is 3.62. The van der Waals surface area contributed by atoms with E-state index in [1.165, 1.54) is 12.1 Å². The van der Waals surface area contributed by atoms with E-state index in [1.807, 2.05) is 0 Å². The Balaban J connectivity index is 3.27. The van der Waals surface area contributed by atoms with Gasteiger partial charge in [0.1, 0.15) is 11.6 Å². The van der Waals surface area contributed by atoms with Gasteiger partial charge < -0.3 is 0 Å². The lowest BCUT2D eigenvalue weighted by atomic mass is 10.1. The molecule has 0 unspecified atom stereocenters. The molecule has 12 heavy (non-hydrogen) atoms. The molecule has 1 nitrogen and oxygen atoms in total. The molecule has 0 heterocycles. The molecule has 0 saturated heterocycles. The molecule has 0 saturated carbocycles. The Morgan fingerprint density at radius 3 is 2.17 bits per heavy atom. The fourth-order valence-corrected chi connectivity index (χ4v) is 0.953. The van der Waals surface area contributed by atoms with Crippen LogP contribution in [-0.4, -0.2) is 6.29 Å². The van der Waals surface area contributed by atoms with E-state index in [0.717, 1.165) is 0 Å². The largest absolute Gasteiger partial charge is 0.298 e. The summed E-state index contributed by atoms with van der Waals surface area (Å²) in [7, 11) is 0. The van der Waals surface area contributed by atoms with Crippen molar-refractivity contribution in [3.63, 3.8) is 0 Å². The number of hydrogen-bond donors (Lipinski definition) is 0. The van der Waals surface area contributed by atoms with Gasteiger partial charge in [-0.2, -0.15) is 0 Å². The standard InChI is InChI=1S/C9H8F2O/c1-2-6-3-8(10)7(5-12)9(11)4-6/h3-5H,2H2,1H3. The summed E-state index contributed by atoms with van der Waals surface area (Å²) >= 11 is 0. The van der Waals surface area contributed by atoms with E-state index in [0.29, 0.717) is 12.0 Å². The number of aryl methyl sites for hydroxylation is 1. The predicted octanol–water partition coefficient (Wildman–Crippen LogP) is 2.34. The zero-order chi connectivity index (χ0) is 9.14. The van der Waals surface area contributed by atoms with Crippen molar-refractivity contribution in [3.05, 3.63) is 34.9 Å². The fourth-order valence-electron chi connectivity index (χ4n) is 0.953. The summed E-state index contributed by atoms with van der Waals surface area (Å²) in [6, 6.07) is 2.35. The maximum Gasteiger partial charge on any atom is 0.155 e. The molecule has 0 atom stereocenters. The van der Waals surface area contributed by atoms with E-state index in [2.05, 4.69) is 0 Å². The lowest BCUT2D eigenvalue weighted by Crippen LogP contribution is -1.95. The van der Waals surface area contributed by atoms with Gasteiger partial charge in [0, 0.05) is 0 Å². The zero-order valence-corrected chi connectivity index (χ0v) is 6.60. The van der Waals surface area contributed by atoms with Gasteiger partial charge in [0.15, 0.2) is 6.29 Å². The van der Waals surface area contributed by atoms with Crippen molar-refractivity contribution in [1.82, 2.24) is 0 Å². The summed E-state index contributed by atoms with van der Waals surface area (Å²) in [4.78, 5) is 10.2. The van der Waals surface area contributed by atoms with E-state index in [9.17, 15) is 13.6 Å². The number of rotatable bonds is 2. The summed E-state index contributed by atoms with van der Waals surface area (Å²) < 4.78 is 25.7. The third kappa shape index (κ3) is 1.49. The molecule has 1 rings (SSSR count). The molecule has 0 spiro atoms. The number of halogens is 2. The molecular weight excluding hydrogens is 162 g/mol. The van der Waals surface area contributed by atoms with Gasteiger partial charge in [0.25, 0.3) is 0 Å². The van der Waals surface area contributed by atoms with Gasteiger partial charge in [-0.05, 0) is 24.1 Å². The second-order valence-electron chi connectivity index (χ2n) is 2.44. The quantitative estimate of drug-likeness (QED) is 0.622. The van der Waals surface area contributed by atoms with E-state index < -0.39 is 17.2 Å². The van der Waals surface area contributed by atoms with Crippen molar-refractivity contribution in [1.29, 1.82) is 0 Å². The number of hydrogen-bond acceptors (Lipinski definition) is 1. The Morgan fingerprint density at radius 1 is 1.33 bits per heavy atom. The van der Waals surface area contributed by atoms with Gasteiger partial charge in [0.05, 0.1) is 5.56 Å². The summed E-state index contributed by atoms with van der Waals surface area (Å²) in [5.41, 5.74) is 0.0581. The van der Waals surface area contributed by atoms with Crippen molar-refractivity contribution >= 4 is 6.29 Å². The summed E-state index contributed by atoms with van der Waals surface area (Å²) in [5.74, 6) is -1.58. The predicted molar refractivity (Wildman–Crippen MR) is 41.1 cm³/mol. The minimum atomic E-state index is -0.790. The summed E-state index contributed by atoms with van der Waals surface area (Å²) in [6.07, 6.45) is 0.733. The van der Waals surface area contributed by atoms with Crippen molar-refractivity contribution in [2.75, 3.05) is 0 Å². The highest BCUT2D eigenvalue weighted by Gasteiger charge is 2.08. The minimum Gasteiger partial charge on any atom is -0.298 e. The van der Waals surface area contributed by atoms with Crippen LogP contribution >= 0.6 is 0 Å². The van der Waals surface area contributed by atoms with E-state index in [-0.39, 0.29) is 6.29 Å². The van der Waals surface area contributed by atoms with E-state index in [4.69, 9.17) is 0 Å². The highest BCUT2D eigenvalue weighted by molar-refractivity contribution is 5.75.